The Balaban J connectivity index is 1.41. The minimum Gasteiger partial charge on any atom is -0.475 e. The number of aromatic nitrogens is 3. The molecule has 1 aromatic carbocycles. The molecule has 0 spiro atoms. The highest BCUT2D eigenvalue weighted by molar-refractivity contribution is 5.96. The van der Waals surface area contributed by atoms with Crippen LogP contribution in [0.5, 0.6) is 5.88 Å². The highest BCUT2D eigenvalue weighted by Gasteiger charge is 2.38. The lowest BCUT2D eigenvalue weighted by atomic mass is 9.96. The van der Waals surface area contributed by atoms with Gasteiger partial charge in [0.1, 0.15) is 23.9 Å². The highest BCUT2D eigenvalue weighted by Crippen LogP contribution is 2.43. The summed E-state index contributed by atoms with van der Waals surface area (Å²) >= 11 is 0. The monoisotopic (exact) mass is 608 g/mol. The fourth-order valence-electron chi connectivity index (χ4n) is 6.73. The van der Waals surface area contributed by atoms with E-state index >= 15 is 0 Å². The summed E-state index contributed by atoms with van der Waals surface area (Å²) in [5.74, 6) is 0.103. The van der Waals surface area contributed by atoms with Gasteiger partial charge >= 0.3 is 6.18 Å². The molecule has 3 aliphatic rings. The van der Waals surface area contributed by atoms with Crippen LogP contribution in [-0.4, -0.2) is 89.9 Å². The van der Waals surface area contributed by atoms with Crippen molar-refractivity contribution in [1.82, 2.24) is 25.0 Å². The topological polar surface area (TPSA) is 105 Å². The molecule has 3 aliphatic heterocycles. The maximum Gasteiger partial charge on any atom is 0.433 e. The summed E-state index contributed by atoms with van der Waals surface area (Å²) < 4.78 is 48.3. The predicted octanol–water partition coefficient (Wildman–Crippen LogP) is 4.03. The number of benzene rings is 1. The molecular weight excluding hydrogens is 573 g/mol. The van der Waals surface area contributed by atoms with Crippen LogP contribution >= 0.6 is 0 Å². The Morgan fingerprint density at radius 1 is 1.18 bits per heavy atom. The molecule has 1 amide bonds. The van der Waals surface area contributed by atoms with Gasteiger partial charge in [-0.2, -0.15) is 23.5 Å². The molecule has 0 unspecified atom stereocenters. The van der Waals surface area contributed by atoms with Gasteiger partial charge in [0, 0.05) is 44.3 Å². The number of hydrogen-bond donors (Lipinski definition) is 1. The number of pyridine rings is 1. The van der Waals surface area contributed by atoms with E-state index in [1.807, 2.05) is 11.9 Å². The van der Waals surface area contributed by atoms with E-state index in [0.29, 0.717) is 68.3 Å². The van der Waals surface area contributed by atoms with E-state index in [0.717, 1.165) is 30.6 Å². The quantitative estimate of drug-likeness (QED) is 0.419. The summed E-state index contributed by atoms with van der Waals surface area (Å²) in [7, 11) is 2.05. The number of rotatable bonds is 6. The first-order chi connectivity index (χ1) is 21.1. The third kappa shape index (κ3) is 5.32. The van der Waals surface area contributed by atoms with Crippen molar-refractivity contribution in [2.24, 2.45) is 0 Å². The second-order valence-electron chi connectivity index (χ2n) is 11.7. The first-order valence-corrected chi connectivity index (χ1v) is 14.9. The van der Waals surface area contributed by atoms with Crippen molar-refractivity contribution in [3.05, 3.63) is 52.9 Å². The molecule has 0 bridgehead atoms. The number of aryl methyl sites for hydroxylation is 1. The molecule has 1 N–H and O–H groups in total. The van der Waals surface area contributed by atoms with Crippen molar-refractivity contribution in [3.8, 4) is 11.9 Å². The average Bonchev–Trinajstić information content (AvgIpc) is 3.64. The fraction of sp³-hybridized carbons (Fsp3) is 0.484. The maximum atomic E-state index is 14.0. The Morgan fingerprint density at radius 2 is 1.95 bits per heavy atom. The molecule has 13 heteroatoms. The lowest BCUT2D eigenvalue weighted by molar-refractivity contribution is -0.140. The SMILES string of the molecule is C=CC(=O)N1CCN(c2c(C#N)c(OC[C@@H]3CCCN3C)nc3c2CCN(c2c(C)ccc4n[nH]c(C(F)(F)F)c24)C3)CC1. The summed E-state index contributed by atoms with van der Waals surface area (Å²) in [6.45, 7) is 9.40. The van der Waals surface area contributed by atoms with E-state index in [1.54, 1.807) is 24.0 Å². The molecule has 232 valence electrons. The molecule has 2 saturated heterocycles. The van der Waals surface area contributed by atoms with Crippen LogP contribution in [0.4, 0.5) is 24.5 Å². The summed E-state index contributed by atoms with van der Waals surface area (Å²) in [5, 5.41) is 16.6. The summed E-state index contributed by atoms with van der Waals surface area (Å²) in [6.07, 6.45) is -0.767. The number of nitriles is 1. The van der Waals surface area contributed by atoms with E-state index < -0.39 is 11.9 Å². The first kappa shape index (κ1) is 29.7. The Bertz CT molecular complexity index is 1640. The number of hydrogen-bond acceptors (Lipinski definition) is 8. The molecule has 6 rings (SSSR count). The lowest BCUT2D eigenvalue weighted by Gasteiger charge is -2.39. The van der Waals surface area contributed by atoms with Crippen LogP contribution in [0.15, 0.2) is 24.8 Å². The number of nitrogens with one attached hydrogen (secondary N) is 1. The number of amides is 1. The minimum atomic E-state index is -4.60. The normalized spacial score (nSPS) is 19.3. The van der Waals surface area contributed by atoms with E-state index in [-0.39, 0.29) is 35.3 Å². The number of likely N-dealkylation sites (tertiary alicyclic amines) is 1. The number of alkyl halides is 3. The molecule has 0 radical (unpaired) electrons. The van der Waals surface area contributed by atoms with E-state index in [2.05, 4.69) is 32.6 Å². The number of nitrogens with zero attached hydrogens (tertiary/aromatic N) is 7. The second kappa shape index (κ2) is 11.6. The van der Waals surface area contributed by atoms with Gasteiger partial charge in [-0.05, 0) is 57.5 Å². The molecule has 5 heterocycles. The molecule has 10 nitrogen and oxygen atoms in total. The van der Waals surface area contributed by atoms with Gasteiger partial charge in [-0.25, -0.2) is 4.98 Å². The molecule has 0 saturated carbocycles. The fourth-order valence-corrected chi connectivity index (χ4v) is 6.73. The van der Waals surface area contributed by atoms with Crippen LogP contribution in [0.1, 0.15) is 40.9 Å². The minimum absolute atomic E-state index is 0.0403. The number of carbonyl (C=O) groups is 1. The van der Waals surface area contributed by atoms with Crippen LogP contribution < -0.4 is 14.5 Å². The zero-order valence-electron chi connectivity index (χ0n) is 24.9. The Morgan fingerprint density at radius 3 is 2.61 bits per heavy atom. The van der Waals surface area contributed by atoms with Gasteiger partial charge in [0.15, 0.2) is 0 Å². The smallest absolute Gasteiger partial charge is 0.433 e. The predicted molar refractivity (Wildman–Crippen MR) is 160 cm³/mol. The van der Waals surface area contributed by atoms with Crippen LogP contribution in [0, 0.1) is 18.3 Å². The van der Waals surface area contributed by atoms with Crippen molar-refractivity contribution >= 4 is 28.2 Å². The van der Waals surface area contributed by atoms with Gasteiger partial charge in [0.25, 0.3) is 0 Å². The number of carbonyl (C=O) groups excluding carboxylic acids is 1. The zero-order valence-corrected chi connectivity index (χ0v) is 24.9. The summed E-state index contributed by atoms with van der Waals surface area (Å²) in [5.41, 5.74) is 3.19. The van der Waals surface area contributed by atoms with Crippen LogP contribution in [0.25, 0.3) is 10.9 Å². The van der Waals surface area contributed by atoms with Gasteiger partial charge in [0.2, 0.25) is 11.8 Å². The van der Waals surface area contributed by atoms with E-state index in [9.17, 15) is 23.2 Å². The number of fused-ring (bicyclic) bond motifs is 2. The van der Waals surface area contributed by atoms with Crippen LogP contribution in [0.2, 0.25) is 0 Å². The summed E-state index contributed by atoms with van der Waals surface area (Å²) in [4.78, 5) is 25.1. The molecule has 1 atom stereocenters. The largest absolute Gasteiger partial charge is 0.475 e. The number of anilines is 2. The molecular formula is C31H35F3N8O2. The van der Waals surface area contributed by atoms with Gasteiger partial charge in [-0.3, -0.25) is 9.89 Å². The first-order valence-electron chi connectivity index (χ1n) is 14.9. The van der Waals surface area contributed by atoms with E-state index in [4.69, 9.17) is 9.72 Å². The number of piperazine rings is 1. The van der Waals surface area contributed by atoms with Crippen molar-refractivity contribution in [2.45, 2.75) is 44.9 Å². The third-order valence-electron chi connectivity index (χ3n) is 9.07. The van der Waals surface area contributed by atoms with Crippen molar-refractivity contribution in [3.63, 3.8) is 0 Å². The van der Waals surface area contributed by atoms with Crippen molar-refractivity contribution in [2.75, 3.05) is 62.7 Å². The number of ether oxygens (including phenoxy) is 1. The number of halogens is 3. The third-order valence-corrected chi connectivity index (χ3v) is 9.07. The standard InChI is InChI=1S/C31H35F3N8O2/c1-4-25(43)40-12-14-41(15-13-40)28-21-9-11-42(27-19(2)7-8-23-26(27)29(38-37-23)31(32,33)34)17-24(21)36-30(22(28)16-35)44-18-20-6-5-10-39(20)3/h4,7-8,20H,1,5-6,9-15,17-18H2,2-3H3,(H,37,38)/t20-/m0/s1. The van der Waals surface area contributed by atoms with Gasteiger partial charge in [-0.15, -0.1) is 0 Å². The van der Waals surface area contributed by atoms with Gasteiger partial charge in [-0.1, -0.05) is 12.6 Å². The highest BCUT2D eigenvalue weighted by atomic mass is 19.4. The van der Waals surface area contributed by atoms with E-state index in [1.165, 1.54) is 6.08 Å². The molecule has 0 aliphatic carbocycles. The molecule has 2 fully saturated rings. The lowest BCUT2D eigenvalue weighted by Crippen LogP contribution is -2.49. The van der Waals surface area contributed by atoms with Crippen LogP contribution in [-0.2, 0) is 23.9 Å². The van der Waals surface area contributed by atoms with Gasteiger partial charge in [0.05, 0.1) is 34.5 Å². The zero-order chi connectivity index (χ0) is 31.2. The summed E-state index contributed by atoms with van der Waals surface area (Å²) in [6, 6.07) is 5.93. The Kier molecular flexibility index (Phi) is 7.88. The van der Waals surface area contributed by atoms with Crippen molar-refractivity contribution < 1.29 is 22.7 Å². The van der Waals surface area contributed by atoms with Crippen LogP contribution in [0.3, 0.4) is 0 Å². The molecule has 44 heavy (non-hydrogen) atoms. The van der Waals surface area contributed by atoms with Crippen molar-refractivity contribution in [1.29, 1.82) is 5.26 Å². The maximum absolute atomic E-state index is 14.0. The van der Waals surface area contributed by atoms with Gasteiger partial charge < -0.3 is 24.3 Å². The second-order valence-corrected chi connectivity index (χ2v) is 11.7. The Hall–Kier alpha value is -4.31. The molecule has 3 aromatic rings. The average molecular weight is 609 g/mol. The number of aromatic amines is 1. The number of H-pyrrole nitrogens is 1. The molecule has 2 aromatic heterocycles. The number of likely N-dealkylation sites (N-methyl/N-ethyl adjacent to an activating group) is 1. The Labute approximate surface area is 253 Å².